The molecule has 0 saturated heterocycles. The number of carboxylic acids is 1. The first-order valence-electron chi connectivity index (χ1n) is 7.27. The number of carbonyl (C=O) groups is 1. The quantitative estimate of drug-likeness (QED) is 0.855. The molecule has 0 aliphatic rings. The maximum Gasteiger partial charge on any atom is 0.339 e. The van der Waals surface area contributed by atoms with Crippen LogP contribution in [0.15, 0.2) is 6.20 Å². The summed E-state index contributed by atoms with van der Waals surface area (Å²) >= 11 is 0. The molecule has 2 N–H and O–H groups in total. The van der Waals surface area contributed by atoms with Gasteiger partial charge < -0.3 is 10.4 Å². The van der Waals surface area contributed by atoms with E-state index in [0.717, 1.165) is 30.3 Å². The van der Waals surface area contributed by atoms with Crippen LogP contribution in [0.2, 0.25) is 0 Å². The number of unbranched alkanes of at least 4 members (excludes halogenated alkanes) is 1. The maximum atomic E-state index is 11.5. The Morgan fingerprint density at radius 3 is 2.86 bits per heavy atom. The molecule has 2 aromatic heterocycles. The van der Waals surface area contributed by atoms with Crippen molar-refractivity contribution in [3.8, 4) is 0 Å². The fourth-order valence-electron chi connectivity index (χ4n) is 2.55. The number of carboxylic acid groups (broad SMARTS) is 1. The lowest BCUT2D eigenvalue weighted by Gasteiger charge is -2.17. The summed E-state index contributed by atoms with van der Waals surface area (Å²) in [6, 6.07) is 0.202. The minimum atomic E-state index is -0.974. The highest BCUT2D eigenvalue weighted by molar-refractivity contribution is 6.04. The molecular weight excluding hydrogens is 268 g/mol. The molecule has 0 saturated carbocycles. The van der Waals surface area contributed by atoms with Crippen LogP contribution in [0.5, 0.6) is 0 Å². The summed E-state index contributed by atoms with van der Waals surface area (Å²) in [7, 11) is 1.81. The van der Waals surface area contributed by atoms with Gasteiger partial charge in [0.05, 0.1) is 16.8 Å². The molecule has 0 aliphatic carbocycles. The molecule has 0 spiro atoms. The van der Waals surface area contributed by atoms with E-state index in [1.165, 1.54) is 6.20 Å². The van der Waals surface area contributed by atoms with Crippen LogP contribution < -0.4 is 5.32 Å². The van der Waals surface area contributed by atoms with Gasteiger partial charge in [0, 0.05) is 19.3 Å². The first-order chi connectivity index (χ1) is 9.95. The zero-order valence-corrected chi connectivity index (χ0v) is 13.0. The van der Waals surface area contributed by atoms with Gasteiger partial charge in [0.2, 0.25) is 0 Å². The summed E-state index contributed by atoms with van der Waals surface area (Å²) in [4.78, 5) is 15.7. The number of hydrogen-bond acceptors (Lipinski definition) is 4. The third-order valence-corrected chi connectivity index (χ3v) is 3.64. The normalized spacial score (nSPS) is 12.6. The Balaban J connectivity index is 2.51. The van der Waals surface area contributed by atoms with Gasteiger partial charge in [-0.05, 0) is 20.3 Å². The predicted octanol–water partition coefficient (Wildman–Crippen LogP) is 2.97. The second-order valence-electron chi connectivity index (χ2n) is 5.45. The molecule has 0 aromatic carbocycles. The minimum Gasteiger partial charge on any atom is -0.478 e. The SMILES string of the molecule is CCCCC(C)Nc1c(C(=O)O)cnc2c1c(C)nn2C. The molecule has 1 atom stereocenters. The van der Waals surface area contributed by atoms with E-state index in [9.17, 15) is 9.90 Å². The van der Waals surface area contributed by atoms with Crippen molar-refractivity contribution in [2.45, 2.75) is 46.1 Å². The van der Waals surface area contributed by atoms with Gasteiger partial charge in [-0.2, -0.15) is 5.10 Å². The highest BCUT2D eigenvalue weighted by Crippen LogP contribution is 2.29. The Bertz CT molecular complexity index is 663. The second-order valence-corrected chi connectivity index (χ2v) is 5.45. The monoisotopic (exact) mass is 290 g/mol. The second kappa shape index (κ2) is 6.11. The van der Waals surface area contributed by atoms with Gasteiger partial charge in [0.15, 0.2) is 5.65 Å². The Labute approximate surface area is 124 Å². The van der Waals surface area contributed by atoms with Crippen molar-refractivity contribution in [1.82, 2.24) is 14.8 Å². The van der Waals surface area contributed by atoms with Gasteiger partial charge in [-0.15, -0.1) is 0 Å². The van der Waals surface area contributed by atoms with Crippen LogP contribution in [0.25, 0.3) is 11.0 Å². The van der Waals surface area contributed by atoms with Crippen LogP contribution in [0, 0.1) is 6.92 Å². The van der Waals surface area contributed by atoms with Crippen LogP contribution in [-0.2, 0) is 7.05 Å². The zero-order chi connectivity index (χ0) is 15.6. The summed E-state index contributed by atoms with van der Waals surface area (Å²) in [5.41, 5.74) is 2.31. The Kier molecular flexibility index (Phi) is 4.45. The third kappa shape index (κ3) is 2.99. The lowest BCUT2D eigenvalue weighted by atomic mass is 10.1. The van der Waals surface area contributed by atoms with E-state index in [1.807, 2.05) is 14.0 Å². The number of nitrogens with one attached hydrogen (secondary N) is 1. The van der Waals surface area contributed by atoms with Gasteiger partial charge in [-0.3, -0.25) is 4.68 Å². The van der Waals surface area contributed by atoms with E-state index in [1.54, 1.807) is 4.68 Å². The average Bonchev–Trinajstić information content (AvgIpc) is 2.72. The standard InChI is InChI=1S/C15H22N4O2/c1-5-6-7-9(2)17-13-11(15(20)21)8-16-14-12(13)10(3)18-19(14)4/h8-9H,5-7H2,1-4H3,(H,16,17)(H,20,21). The predicted molar refractivity (Wildman–Crippen MR) is 82.8 cm³/mol. The van der Waals surface area contributed by atoms with Crippen molar-refractivity contribution >= 4 is 22.7 Å². The van der Waals surface area contributed by atoms with Crippen molar-refractivity contribution in [3.63, 3.8) is 0 Å². The lowest BCUT2D eigenvalue weighted by Crippen LogP contribution is -2.18. The topological polar surface area (TPSA) is 80.0 Å². The molecule has 0 radical (unpaired) electrons. The van der Waals surface area contributed by atoms with Crippen molar-refractivity contribution < 1.29 is 9.90 Å². The zero-order valence-electron chi connectivity index (χ0n) is 13.0. The highest BCUT2D eigenvalue weighted by Gasteiger charge is 2.20. The molecule has 114 valence electrons. The van der Waals surface area contributed by atoms with Gasteiger partial charge in [-0.25, -0.2) is 9.78 Å². The number of aryl methyl sites for hydroxylation is 2. The smallest absolute Gasteiger partial charge is 0.339 e. The molecule has 0 aliphatic heterocycles. The third-order valence-electron chi connectivity index (χ3n) is 3.64. The van der Waals surface area contributed by atoms with Crippen molar-refractivity contribution in [2.75, 3.05) is 5.32 Å². The van der Waals surface area contributed by atoms with E-state index in [0.29, 0.717) is 11.3 Å². The van der Waals surface area contributed by atoms with E-state index >= 15 is 0 Å². The van der Waals surface area contributed by atoms with Crippen LogP contribution in [0.3, 0.4) is 0 Å². The van der Waals surface area contributed by atoms with Crippen molar-refractivity contribution in [1.29, 1.82) is 0 Å². The Hall–Kier alpha value is -2.11. The van der Waals surface area contributed by atoms with Crippen LogP contribution >= 0.6 is 0 Å². The fourth-order valence-corrected chi connectivity index (χ4v) is 2.55. The van der Waals surface area contributed by atoms with E-state index in [4.69, 9.17) is 0 Å². The van der Waals surface area contributed by atoms with Gasteiger partial charge >= 0.3 is 5.97 Å². The Morgan fingerprint density at radius 1 is 1.52 bits per heavy atom. The number of rotatable bonds is 6. The summed E-state index contributed by atoms with van der Waals surface area (Å²) < 4.78 is 1.68. The molecule has 6 heteroatoms. The Morgan fingerprint density at radius 2 is 2.24 bits per heavy atom. The van der Waals surface area contributed by atoms with E-state index in [2.05, 4.69) is 29.2 Å². The summed E-state index contributed by atoms with van der Waals surface area (Å²) in [6.45, 7) is 6.09. The number of pyridine rings is 1. The summed E-state index contributed by atoms with van der Waals surface area (Å²) in [5, 5.41) is 17.9. The van der Waals surface area contributed by atoms with Gasteiger partial charge in [-0.1, -0.05) is 19.8 Å². The van der Waals surface area contributed by atoms with E-state index < -0.39 is 5.97 Å². The highest BCUT2D eigenvalue weighted by atomic mass is 16.4. The number of anilines is 1. The average molecular weight is 290 g/mol. The molecule has 0 bridgehead atoms. The molecular formula is C15H22N4O2. The molecule has 2 heterocycles. The number of aromatic nitrogens is 3. The van der Waals surface area contributed by atoms with Crippen molar-refractivity contribution in [3.05, 3.63) is 17.5 Å². The van der Waals surface area contributed by atoms with Crippen LogP contribution in [-0.4, -0.2) is 31.9 Å². The fraction of sp³-hybridized carbons (Fsp3) is 0.533. The molecule has 2 rings (SSSR count). The minimum absolute atomic E-state index is 0.196. The maximum absolute atomic E-state index is 11.5. The van der Waals surface area contributed by atoms with Crippen LogP contribution in [0.4, 0.5) is 5.69 Å². The number of nitrogens with zero attached hydrogens (tertiary/aromatic N) is 3. The largest absolute Gasteiger partial charge is 0.478 e. The number of hydrogen-bond donors (Lipinski definition) is 2. The molecule has 6 nitrogen and oxygen atoms in total. The van der Waals surface area contributed by atoms with Crippen LogP contribution in [0.1, 0.15) is 49.2 Å². The molecule has 1 unspecified atom stereocenters. The first kappa shape index (κ1) is 15.3. The van der Waals surface area contributed by atoms with Crippen molar-refractivity contribution in [2.24, 2.45) is 7.05 Å². The van der Waals surface area contributed by atoms with Gasteiger partial charge in [0.25, 0.3) is 0 Å². The number of aromatic carboxylic acids is 1. The molecule has 0 fully saturated rings. The molecule has 21 heavy (non-hydrogen) atoms. The first-order valence-corrected chi connectivity index (χ1v) is 7.27. The number of fused-ring (bicyclic) bond motifs is 1. The van der Waals surface area contributed by atoms with E-state index in [-0.39, 0.29) is 11.6 Å². The molecule has 2 aromatic rings. The molecule has 0 amide bonds. The summed E-state index contributed by atoms with van der Waals surface area (Å²) in [6.07, 6.45) is 4.63. The van der Waals surface area contributed by atoms with Gasteiger partial charge in [0.1, 0.15) is 5.56 Å². The lowest BCUT2D eigenvalue weighted by molar-refractivity contribution is 0.0697. The summed E-state index contributed by atoms with van der Waals surface area (Å²) in [5.74, 6) is -0.974.